The zero-order valence-corrected chi connectivity index (χ0v) is 6.49. The average Bonchev–Trinajstić information content (AvgIpc) is 2.29. The molecule has 2 rings (SSSR count). The Hall–Kier alpha value is -1.10. The lowest BCUT2D eigenvalue weighted by molar-refractivity contribution is -0.139. The molecule has 5 nitrogen and oxygen atoms in total. The van der Waals surface area contributed by atoms with Crippen molar-refractivity contribution in [1.82, 2.24) is 10.2 Å². The molecule has 2 bridgehead atoms. The molecule has 0 radical (unpaired) electrons. The molecule has 2 saturated heterocycles. The fourth-order valence-electron chi connectivity index (χ4n) is 1.75. The van der Waals surface area contributed by atoms with Gasteiger partial charge in [0.15, 0.2) is 0 Å². The molecule has 0 saturated carbocycles. The molecule has 0 spiro atoms. The fraction of sp³-hybridized carbons (Fsp3) is 0.714. The van der Waals surface area contributed by atoms with Crippen molar-refractivity contribution in [1.29, 1.82) is 0 Å². The highest BCUT2D eigenvalue weighted by Crippen LogP contribution is 2.19. The maximum atomic E-state index is 11.2. The highest BCUT2D eigenvalue weighted by molar-refractivity contribution is 5.92. The van der Waals surface area contributed by atoms with E-state index < -0.39 is 6.04 Å². The number of carbonyl (C=O) groups is 2. The number of amides is 2. The third-order valence-corrected chi connectivity index (χ3v) is 2.36. The Morgan fingerprint density at radius 2 is 2.33 bits per heavy atom. The summed E-state index contributed by atoms with van der Waals surface area (Å²) < 4.78 is 0. The van der Waals surface area contributed by atoms with Gasteiger partial charge in [-0.3, -0.25) is 9.59 Å². The van der Waals surface area contributed by atoms with Crippen LogP contribution in [0.4, 0.5) is 0 Å². The number of nitrogens with zero attached hydrogens (tertiary/aromatic N) is 1. The molecule has 2 heterocycles. The third kappa shape index (κ3) is 0.896. The van der Waals surface area contributed by atoms with Gasteiger partial charge in [-0.2, -0.15) is 0 Å². The van der Waals surface area contributed by atoms with Crippen LogP contribution in [0.25, 0.3) is 0 Å². The van der Waals surface area contributed by atoms with E-state index in [2.05, 4.69) is 5.32 Å². The van der Waals surface area contributed by atoms with Crippen LogP contribution in [0.1, 0.15) is 6.42 Å². The summed E-state index contributed by atoms with van der Waals surface area (Å²) >= 11 is 0. The summed E-state index contributed by atoms with van der Waals surface area (Å²) in [5.74, 6) is -0.281. The molecule has 2 fully saturated rings. The van der Waals surface area contributed by atoms with Gasteiger partial charge in [0.05, 0.1) is 12.6 Å². The standard InChI is InChI=1S/C7H10N2O3/c10-3-5-7(12)8-4-1-6(11)9(5)2-4/h4-5,10H,1-3H2,(H,8,12). The van der Waals surface area contributed by atoms with Crippen LogP contribution in [-0.4, -0.2) is 47.1 Å². The Kier molecular flexibility index (Phi) is 1.54. The summed E-state index contributed by atoms with van der Waals surface area (Å²) in [4.78, 5) is 23.8. The van der Waals surface area contributed by atoms with Gasteiger partial charge in [0.25, 0.3) is 0 Å². The van der Waals surface area contributed by atoms with Crippen LogP contribution < -0.4 is 5.32 Å². The predicted molar refractivity (Wildman–Crippen MR) is 39.1 cm³/mol. The molecule has 0 aliphatic carbocycles. The van der Waals surface area contributed by atoms with Crippen LogP contribution in [-0.2, 0) is 9.59 Å². The van der Waals surface area contributed by atoms with Gasteiger partial charge in [-0.1, -0.05) is 0 Å². The van der Waals surface area contributed by atoms with Gasteiger partial charge in [-0.05, 0) is 0 Å². The number of nitrogens with one attached hydrogen (secondary N) is 1. The third-order valence-electron chi connectivity index (χ3n) is 2.36. The summed E-state index contributed by atoms with van der Waals surface area (Å²) in [6.07, 6.45) is 0.377. The number of piperazine rings is 1. The predicted octanol–water partition coefficient (Wildman–Crippen LogP) is -1.92. The summed E-state index contributed by atoms with van der Waals surface area (Å²) in [5.41, 5.74) is 0. The van der Waals surface area contributed by atoms with Crippen molar-refractivity contribution in [3.63, 3.8) is 0 Å². The largest absolute Gasteiger partial charge is 0.394 e. The highest BCUT2D eigenvalue weighted by Gasteiger charge is 2.42. The quantitative estimate of drug-likeness (QED) is 0.482. The fourth-order valence-corrected chi connectivity index (χ4v) is 1.75. The van der Waals surface area contributed by atoms with Gasteiger partial charge in [0.2, 0.25) is 11.8 Å². The Morgan fingerprint density at radius 3 is 3.00 bits per heavy atom. The Morgan fingerprint density at radius 1 is 1.58 bits per heavy atom. The number of aliphatic hydroxyl groups excluding tert-OH is 1. The number of fused-ring (bicyclic) bond motifs is 2. The Bertz CT molecular complexity index is 241. The molecular weight excluding hydrogens is 160 g/mol. The van der Waals surface area contributed by atoms with Crippen molar-refractivity contribution in [3.05, 3.63) is 0 Å². The molecule has 2 amide bonds. The SMILES string of the molecule is O=C1NC2CC(=O)N(C2)C1CO. The van der Waals surface area contributed by atoms with Crippen molar-refractivity contribution < 1.29 is 14.7 Å². The van der Waals surface area contributed by atoms with Crippen LogP contribution in [0.2, 0.25) is 0 Å². The normalized spacial score (nSPS) is 33.9. The molecule has 2 aliphatic heterocycles. The Balaban J connectivity index is 2.23. The number of carbonyl (C=O) groups excluding carboxylic acids is 2. The van der Waals surface area contributed by atoms with E-state index in [-0.39, 0.29) is 24.5 Å². The second-order valence-electron chi connectivity index (χ2n) is 3.15. The van der Waals surface area contributed by atoms with Crippen LogP contribution >= 0.6 is 0 Å². The molecule has 12 heavy (non-hydrogen) atoms. The number of hydrogen-bond donors (Lipinski definition) is 2. The van der Waals surface area contributed by atoms with E-state index in [1.165, 1.54) is 4.90 Å². The smallest absolute Gasteiger partial charge is 0.245 e. The van der Waals surface area contributed by atoms with Crippen molar-refractivity contribution in [2.75, 3.05) is 13.2 Å². The summed E-state index contributed by atoms with van der Waals surface area (Å²) in [7, 11) is 0. The lowest BCUT2D eigenvalue weighted by Crippen LogP contribution is -2.56. The van der Waals surface area contributed by atoms with Crippen molar-refractivity contribution >= 4 is 11.8 Å². The van der Waals surface area contributed by atoms with E-state index in [0.717, 1.165) is 0 Å². The van der Waals surface area contributed by atoms with Crippen molar-refractivity contribution in [2.45, 2.75) is 18.5 Å². The lowest BCUT2D eigenvalue weighted by atomic mass is 10.2. The molecule has 5 heteroatoms. The van der Waals surface area contributed by atoms with Gasteiger partial charge in [-0.25, -0.2) is 0 Å². The van der Waals surface area contributed by atoms with Crippen molar-refractivity contribution in [3.8, 4) is 0 Å². The van der Waals surface area contributed by atoms with E-state index in [4.69, 9.17) is 5.11 Å². The second kappa shape index (κ2) is 2.45. The summed E-state index contributed by atoms with van der Waals surface area (Å²) in [6, 6.07) is -0.691. The van der Waals surface area contributed by atoms with Gasteiger partial charge in [0.1, 0.15) is 6.04 Å². The minimum absolute atomic E-state index is 0.0344. The van der Waals surface area contributed by atoms with Gasteiger partial charge >= 0.3 is 0 Å². The van der Waals surface area contributed by atoms with Crippen LogP contribution in [0.15, 0.2) is 0 Å². The van der Waals surface area contributed by atoms with Gasteiger partial charge in [0, 0.05) is 13.0 Å². The summed E-state index contributed by atoms with van der Waals surface area (Å²) in [5, 5.41) is 11.5. The maximum absolute atomic E-state index is 11.2. The molecule has 2 unspecified atom stereocenters. The lowest BCUT2D eigenvalue weighted by Gasteiger charge is -2.30. The molecule has 2 atom stereocenters. The minimum Gasteiger partial charge on any atom is -0.394 e. The van der Waals surface area contributed by atoms with Gasteiger partial charge < -0.3 is 15.3 Å². The molecule has 66 valence electrons. The summed E-state index contributed by atoms with van der Waals surface area (Å²) in [6.45, 7) is 0.264. The zero-order valence-electron chi connectivity index (χ0n) is 6.49. The van der Waals surface area contributed by atoms with Crippen LogP contribution in [0.5, 0.6) is 0 Å². The first-order chi connectivity index (χ1) is 5.72. The van der Waals surface area contributed by atoms with E-state index in [1.807, 2.05) is 0 Å². The first-order valence-electron chi connectivity index (χ1n) is 3.93. The molecular formula is C7H10N2O3. The number of hydrogen-bond acceptors (Lipinski definition) is 3. The first-order valence-corrected chi connectivity index (χ1v) is 3.93. The second-order valence-corrected chi connectivity index (χ2v) is 3.15. The van der Waals surface area contributed by atoms with Crippen molar-refractivity contribution in [2.24, 2.45) is 0 Å². The first kappa shape index (κ1) is 7.54. The molecule has 0 aromatic rings. The van der Waals surface area contributed by atoms with Crippen LogP contribution in [0.3, 0.4) is 0 Å². The highest BCUT2D eigenvalue weighted by atomic mass is 16.3. The van der Waals surface area contributed by atoms with Crippen LogP contribution in [0, 0.1) is 0 Å². The number of rotatable bonds is 1. The van der Waals surface area contributed by atoms with E-state index in [0.29, 0.717) is 13.0 Å². The van der Waals surface area contributed by atoms with E-state index >= 15 is 0 Å². The topological polar surface area (TPSA) is 69.6 Å². The molecule has 2 aliphatic rings. The Labute approximate surface area is 69.3 Å². The molecule has 2 N–H and O–H groups in total. The molecule has 0 aromatic heterocycles. The van der Waals surface area contributed by atoms with Gasteiger partial charge in [-0.15, -0.1) is 0 Å². The zero-order chi connectivity index (χ0) is 8.72. The average molecular weight is 170 g/mol. The van der Waals surface area contributed by atoms with E-state index in [9.17, 15) is 9.59 Å². The number of aliphatic hydroxyl groups is 1. The van der Waals surface area contributed by atoms with E-state index in [1.54, 1.807) is 0 Å². The minimum atomic E-state index is -0.656. The monoisotopic (exact) mass is 170 g/mol. The maximum Gasteiger partial charge on any atom is 0.245 e. The molecule has 0 aromatic carbocycles.